The third-order valence-corrected chi connectivity index (χ3v) is 3.27. The number of hydrogen-bond donors (Lipinski definition) is 2. The number of methoxy groups -OCH3 is 1. The summed E-state index contributed by atoms with van der Waals surface area (Å²) in [4.78, 5) is 0. The summed E-state index contributed by atoms with van der Waals surface area (Å²) >= 11 is 9.36. The molecule has 2 aromatic rings. The van der Waals surface area contributed by atoms with Gasteiger partial charge in [0.1, 0.15) is 17.4 Å². The van der Waals surface area contributed by atoms with Crippen LogP contribution in [0.15, 0.2) is 22.8 Å². The van der Waals surface area contributed by atoms with Crippen LogP contribution in [0.2, 0.25) is 5.02 Å². The minimum absolute atomic E-state index is 0.206. The highest BCUT2D eigenvalue weighted by atomic mass is 79.9. The number of aromatic amines is 1. The first-order valence-corrected chi connectivity index (χ1v) is 6.46. The second kappa shape index (κ2) is 6.36. The van der Waals surface area contributed by atoms with Gasteiger partial charge in [0, 0.05) is 16.7 Å². The summed E-state index contributed by atoms with van der Waals surface area (Å²) in [5.74, 6) is 0.723. The van der Waals surface area contributed by atoms with Gasteiger partial charge in [-0.05, 0) is 27.2 Å². The van der Waals surface area contributed by atoms with Crippen molar-refractivity contribution in [1.82, 2.24) is 20.6 Å². The first-order chi connectivity index (χ1) is 9.65. The van der Waals surface area contributed by atoms with Gasteiger partial charge in [-0.25, -0.2) is 0 Å². The van der Waals surface area contributed by atoms with E-state index in [1.807, 2.05) is 6.07 Å². The number of nitrogens with zero attached hydrogens (tertiary/aromatic N) is 4. The van der Waals surface area contributed by atoms with Gasteiger partial charge < -0.3 is 10.1 Å². The van der Waals surface area contributed by atoms with Crippen molar-refractivity contribution in [3.05, 3.63) is 33.7 Å². The Labute approximate surface area is 127 Å². The fourth-order valence-electron chi connectivity index (χ4n) is 1.37. The minimum atomic E-state index is 0.206. The Morgan fingerprint density at radius 2 is 2.40 bits per heavy atom. The third kappa shape index (κ3) is 3.07. The molecule has 7 nitrogen and oxygen atoms in total. The fraction of sp³-hybridized carbons (Fsp3) is 0.0909. The summed E-state index contributed by atoms with van der Waals surface area (Å²) in [5, 5.41) is 25.6. The lowest BCUT2D eigenvalue weighted by Crippen LogP contribution is -1.95. The van der Waals surface area contributed by atoms with Gasteiger partial charge in [-0.3, -0.25) is 0 Å². The first-order valence-electron chi connectivity index (χ1n) is 5.29. The quantitative estimate of drug-likeness (QED) is 0.818. The van der Waals surface area contributed by atoms with E-state index >= 15 is 0 Å². The van der Waals surface area contributed by atoms with E-state index in [0.29, 0.717) is 16.5 Å². The van der Waals surface area contributed by atoms with Crippen molar-refractivity contribution in [3.63, 3.8) is 0 Å². The average Bonchev–Trinajstić information content (AvgIpc) is 2.95. The standard InChI is InChI=1S/C11H8BrClN6O/c1-20-10-3-9(7(12)2-8(10)13)15-5-6(4-14)11-16-18-19-17-11/h2-3,5,15H,1H3,(H,16,17,18,19). The number of benzene rings is 1. The molecule has 0 bridgehead atoms. The largest absolute Gasteiger partial charge is 0.495 e. The molecule has 20 heavy (non-hydrogen) atoms. The number of anilines is 1. The van der Waals surface area contributed by atoms with Gasteiger partial charge in [-0.1, -0.05) is 11.6 Å². The summed E-state index contributed by atoms with van der Waals surface area (Å²) in [5.41, 5.74) is 0.919. The van der Waals surface area contributed by atoms with Crippen LogP contribution in [0.5, 0.6) is 5.75 Å². The van der Waals surface area contributed by atoms with Gasteiger partial charge in [-0.15, -0.1) is 10.2 Å². The summed E-state index contributed by atoms with van der Waals surface area (Å²) in [7, 11) is 1.52. The molecule has 1 aromatic carbocycles. The number of halogens is 2. The highest BCUT2D eigenvalue weighted by Gasteiger charge is 2.09. The van der Waals surface area contributed by atoms with Gasteiger partial charge in [0.05, 0.1) is 17.8 Å². The van der Waals surface area contributed by atoms with Crippen LogP contribution in [0.1, 0.15) is 5.82 Å². The zero-order valence-electron chi connectivity index (χ0n) is 10.2. The van der Waals surface area contributed by atoms with Gasteiger partial charge in [0.25, 0.3) is 0 Å². The lowest BCUT2D eigenvalue weighted by atomic mass is 10.2. The molecule has 2 N–H and O–H groups in total. The van der Waals surface area contributed by atoms with E-state index in [1.54, 1.807) is 12.1 Å². The molecule has 0 spiro atoms. The lowest BCUT2D eigenvalue weighted by molar-refractivity contribution is 0.415. The predicted octanol–water partition coefficient (Wildman–Crippen LogP) is 2.60. The summed E-state index contributed by atoms with van der Waals surface area (Å²) < 4.78 is 5.85. The Morgan fingerprint density at radius 1 is 1.60 bits per heavy atom. The smallest absolute Gasteiger partial charge is 0.216 e. The lowest BCUT2D eigenvalue weighted by Gasteiger charge is -2.09. The molecule has 0 amide bonds. The monoisotopic (exact) mass is 354 g/mol. The topological polar surface area (TPSA) is 99.5 Å². The van der Waals surface area contributed by atoms with Gasteiger partial charge in [-0.2, -0.15) is 10.5 Å². The van der Waals surface area contributed by atoms with Crippen molar-refractivity contribution in [1.29, 1.82) is 5.26 Å². The Kier molecular flexibility index (Phi) is 4.55. The van der Waals surface area contributed by atoms with E-state index in [9.17, 15) is 0 Å². The molecule has 0 aliphatic carbocycles. The van der Waals surface area contributed by atoms with Crippen LogP contribution in [-0.4, -0.2) is 27.7 Å². The van der Waals surface area contributed by atoms with Crippen molar-refractivity contribution in [3.8, 4) is 11.8 Å². The Bertz CT molecular complexity index is 679. The van der Waals surface area contributed by atoms with Crippen LogP contribution >= 0.6 is 27.5 Å². The molecule has 1 aromatic heterocycles. The van der Waals surface area contributed by atoms with Crippen LogP contribution in [0.25, 0.3) is 5.57 Å². The highest BCUT2D eigenvalue weighted by molar-refractivity contribution is 9.10. The van der Waals surface area contributed by atoms with Crippen molar-refractivity contribution in [2.45, 2.75) is 0 Å². The molecule has 0 atom stereocenters. The number of tetrazole rings is 1. The SMILES string of the molecule is COc1cc(NC=C(C#N)c2nn[nH]n2)c(Br)cc1Cl. The molecule has 102 valence electrons. The van der Waals surface area contributed by atoms with Crippen molar-refractivity contribution < 1.29 is 4.74 Å². The number of nitriles is 1. The second-order valence-corrected chi connectivity index (χ2v) is 4.78. The molecule has 2 rings (SSSR count). The van der Waals surface area contributed by atoms with Crippen molar-refractivity contribution in [2.75, 3.05) is 12.4 Å². The Hall–Kier alpha value is -2.11. The average molecular weight is 356 g/mol. The second-order valence-electron chi connectivity index (χ2n) is 3.52. The van der Waals surface area contributed by atoms with E-state index in [1.165, 1.54) is 13.3 Å². The molecule has 9 heteroatoms. The summed E-state index contributed by atoms with van der Waals surface area (Å²) in [6.07, 6.45) is 1.47. The number of aromatic nitrogens is 4. The normalized spacial score (nSPS) is 11.0. The maximum absolute atomic E-state index is 9.05. The number of nitrogens with one attached hydrogen (secondary N) is 2. The number of H-pyrrole nitrogens is 1. The number of ether oxygens (including phenoxy) is 1. The summed E-state index contributed by atoms with van der Waals surface area (Å²) in [6, 6.07) is 5.37. The van der Waals surface area contributed by atoms with E-state index in [4.69, 9.17) is 21.6 Å². The van der Waals surface area contributed by atoms with E-state index in [-0.39, 0.29) is 11.4 Å². The molecule has 0 aliphatic rings. The van der Waals surface area contributed by atoms with Gasteiger partial charge >= 0.3 is 0 Å². The maximum atomic E-state index is 9.05. The van der Waals surface area contributed by atoms with E-state index in [0.717, 1.165) is 4.47 Å². The zero-order chi connectivity index (χ0) is 14.5. The van der Waals surface area contributed by atoms with Crippen LogP contribution in [0.3, 0.4) is 0 Å². The number of allylic oxidation sites excluding steroid dienone is 1. The fourth-order valence-corrected chi connectivity index (χ4v) is 2.20. The molecule has 0 aliphatic heterocycles. The molecule has 0 saturated heterocycles. The highest BCUT2D eigenvalue weighted by Crippen LogP contribution is 2.34. The molecule has 0 fully saturated rings. The molecular weight excluding hydrogens is 348 g/mol. The van der Waals surface area contributed by atoms with Gasteiger partial charge in [0.15, 0.2) is 0 Å². The van der Waals surface area contributed by atoms with Gasteiger partial charge in [0.2, 0.25) is 5.82 Å². The third-order valence-electron chi connectivity index (χ3n) is 2.32. The molecule has 0 unspecified atom stereocenters. The number of rotatable bonds is 4. The zero-order valence-corrected chi connectivity index (χ0v) is 12.5. The molecular formula is C11H8BrClN6O. The Balaban J connectivity index is 2.28. The Morgan fingerprint density at radius 3 is 3.00 bits per heavy atom. The minimum Gasteiger partial charge on any atom is -0.495 e. The first kappa shape index (κ1) is 14.3. The van der Waals surface area contributed by atoms with Crippen LogP contribution in [0, 0.1) is 11.3 Å². The van der Waals surface area contributed by atoms with Crippen molar-refractivity contribution >= 4 is 38.8 Å². The number of hydrogen-bond acceptors (Lipinski definition) is 6. The van der Waals surface area contributed by atoms with Crippen molar-refractivity contribution in [2.24, 2.45) is 0 Å². The van der Waals surface area contributed by atoms with E-state index in [2.05, 4.69) is 41.9 Å². The summed E-state index contributed by atoms with van der Waals surface area (Å²) in [6.45, 7) is 0. The van der Waals surface area contributed by atoms with Crippen LogP contribution < -0.4 is 10.1 Å². The molecule has 0 radical (unpaired) electrons. The van der Waals surface area contributed by atoms with Crippen LogP contribution in [-0.2, 0) is 0 Å². The van der Waals surface area contributed by atoms with E-state index < -0.39 is 0 Å². The van der Waals surface area contributed by atoms with Crippen LogP contribution in [0.4, 0.5) is 5.69 Å². The molecule has 0 saturated carbocycles. The molecule has 1 heterocycles. The predicted molar refractivity (Wildman–Crippen MR) is 77.1 cm³/mol. The maximum Gasteiger partial charge on any atom is 0.216 e.